The van der Waals surface area contributed by atoms with Crippen LogP contribution in [-0.4, -0.2) is 29.1 Å². The number of hydrogen-bond donors (Lipinski definition) is 1. The second-order valence-electron chi connectivity index (χ2n) is 4.71. The minimum absolute atomic E-state index is 0.0401. The van der Waals surface area contributed by atoms with E-state index < -0.39 is 5.97 Å². The van der Waals surface area contributed by atoms with E-state index in [2.05, 4.69) is 39.5 Å². The molecule has 3 nitrogen and oxygen atoms in total. The van der Waals surface area contributed by atoms with Crippen molar-refractivity contribution < 1.29 is 9.90 Å². The van der Waals surface area contributed by atoms with Crippen molar-refractivity contribution in [3.05, 3.63) is 47.0 Å². The molecule has 0 amide bonds. The van der Waals surface area contributed by atoms with Crippen molar-refractivity contribution >= 4 is 5.97 Å². The molecule has 0 saturated heterocycles. The molecular weight excluding hydrogens is 226 g/mol. The van der Waals surface area contributed by atoms with Crippen molar-refractivity contribution in [2.45, 2.75) is 27.3 Å². The van der Waals surface area contributed by atoms with Crippen molar-refractivity contribution in [3.63, 3.8) is 0 Å². The van der Waals surface area contributed by atoms with E-state index in [1.807, 2.05) is 4.90 Å². The molecule has 18 heavy (non-hydrogen) atoms. The van der Waals surface area contributed by atoms with Gasteiger partial charge in [0.15, 0.2) is 0 Å². The van der Waals surface area contributed by atoms with Crippen molar-refractivity contribution in [3.8, 4) is 0 Å². The number of nitrogens with zero attached hydrogens (tertiary/aromatic N) is 1. The molecule has 0 aliphatic heterocycles. The summed E-state index contributed by atoms with van der Waals surface area (Å²) in [6.07, 6.45) is 1.74. The largest absolute Gasteiger partial charge is 0.480 e. The molecule has 1 N–H and O–H groups in total. The Bertz CT molecular complexity index is 452. The van der Waals surface area contributed by atoms with Gasteiger partial charge in [-0.15, -0.1) is 6.58 Å². The van der Waals surface area contributed by atoms with E-state index in [-0.39, 0.29) is 6.54 Å². The van der Waals surface area contributed by atoms with Gasteiger partial charge < -0.3 is 5.11 Å². The van der Waals surface area contributed by atoms with Crippen LogP contribution in [0, 0.1) is 20.8 Å². The molecule has 0 aromatic heterocycles. The van der Waals surface area contributed by atoms with Crippen LogP contribution in [0.15, 0.2) is 24.8 Å². The topological polar surface area (TPSA) is 40.5 Å². The lowest BCUT2D eigenvalue weighted by atomic mass is 10.0. The zero-order valence-corrected chi connectivity index (χ0v) is 11.4. The quantitative estimate of drug-likeness (QED) is 0.786. The third-order valence-electron chi connectivity index (χ3n) is 3.09. The molecule has 0 fully saturated rings. The molecule has 0 bridgehead atoms. The van der Waals surface area contributed by atoms with Gasteiger partial charge in [0.05, 0.1) is 6.54 Å². The standard InChI is InChI=1S/C15H21NO2/c1-5-6-16(10-15(17)18)9-14-8-12(3)11(2)7-13(14)4/h5,7-8H,1,6,9-10H2,2-4H3,(H,17,18). The van der Waals surface area contributed by atoms with E-state index >= 15 is 0 Å². The number of hydrogen-bond acceptors (Lipinski definition) is 2. The first kappa shape index (κ1) is 14.5. The minimum atomic E-state index is -0.807. The van der Waals surface area contributed by atoms with Crippen LogP contribution in [-0.2, 0) is 11.3 Å². The zero-order valence-electron chi connectivity index (χ0n) is 11.4. The van der Waals surface area contributed by atoms with Crippen LogP contribution in [0.5, 0.6) is 0 Å². The summed E-state index contributed by atoms with van der Waals surface area (Å²) >= 11 is 0. The molecule has 1 rings (SSSR count). The molecule has 1 aromatic rings. The summed E-state index contributed by atoms with van der Waals surface area (Å²) in [7, 11) is 0. The lowest BCUT2D eigenvalue weighted by molar-refractivity contribution is -0.138. The first-order chi connectivity index (χ1) is 8.43. The Kier molecular flexibility index (Phi) is 5.10. The monoisotopic (exact) mass is 247 g/mol. The van der Waals surface area contributed by atoms with Crippen LogP contribution in [0.4, 0.5) is 0 Å². The van der Waals surface area contributed by atoms with Crippen LogP contribution >= 0.6 is 0 Å². The van der Waals surface area contributed by atoms with Crippen LogP contribution in [0.1, 0.15) is 22.3 Å². The highest BCUT2D eigenvalue weighted by Gasteiger charge is 2.11. The maximum Gasteiger partial charge on any atom is 0.317 e. The van der Waals surface area contributed by atoms with E-state index in [0.29, 0.717) is 13.1 Å². The molecule has 0 heterocycles. The summed E-state index contributed by atoms with van der Waals surface area (Å²) in [4.78, 5) is 12.7. The fraction of sp³-hybridized carbons (Fsp3) is 0.400. The third-order valence-corrected chi connectivity index (χ3v) is 3.09. The SMILES string of the molecule is C=CCN(CC(=O)O)Cc1cc(C)c(C)cc1C. The summed E-state index contributed by atoms with van der Waals surface area (Å²) in [5, 5.41) is 8.88. The normalized spacial score (nSPS) is 10.7. The molecule has 0 spiro atoms. The van der Waals surface area contributed by atoms with Gasteiger partial charge in [0.1, 0.15) is 0 Å². The highest BCUT2D eigenvalue weighted by Crippen LogP contribution is 2.17. The van der Waals surface area contributed by atoms with Gasteiger partial charge in [-0.25, -0.2) is 0 Å². The second-order valence-corrected chi connectivity index (χ2v) is 4.71. The molecule has 0 atom stereocenters. The lowest BCUT2D eigenvalue weighted by Crippen LogP contribution is -2.29. The Morgan fingerprint density at radius 1 is 1.28 bits per heavy atom. The van der Waals surface area contributed by atoms with Gasteiger partial charge in [-0.1, -0.05) is 18.2 Å². The number of aliphatic carboxylic acids is 1. The highest BCUT2D eigenvalue weighted by atomic mass is 16.4. The summed E-state index contributed by atoms with van der Waals surface area (Å²) in [5.74, 6) is -0.807. The van der Waals surface area contributed by atoms with Crippen LogP contribution in [0.25, 0.3) is 0 Å². The Labute approximate surface area is 109 Å². The summed E-state index contributed by atoms with van der Waals surface area (Å²) < 4.78 is 0. The van der Waals surface area contributed by atoms with E-state index in [0.717, 1.165) is 0 Å². The molecule has 1 aromatic carbocycles. The molecule has 0 unspecified atom stereocenters. The van der Waals surface area contributed by atoms with Gasteiger partial charge in [-0.3, -0.25) is 9.69 Å². The first-order valence-corrected chi connectivity index (χ1v) is 6.05. The van der Waals surface area contributed by atoms with E-state index in [9.17, 15) is 4.79 Å². The third kappa shape index (κ3) is 4.00. The van der Waals surface area contributed by atoms with Crippen LogP contribution in [0.2, 0.25) is 0 Å². The summed E-state index contributed by atoms with van der Waals surface area (Å²) in [6.45, 7) is 11.2. The number of benzene rings is 1. The molecule has 0 aliphatic carbocycles. The minimum Gasteiger partial charge on any atom is -0.480 e. The maximum atomic E-state index is 10.8. The van der Waals surface area contributed by atoms with Gasteiger partial charge in [0.2, 0.25) is 0 Å². The Balaban J connectivity index is 2.89. The van der Waals surface area contributed by atoms with Gasteiger partial charge in [0, 0.05) is 13.1 Å². The summed E-state index contributed by atoms with van der Waals surface area (Å²) in [6, 6.07) is 4.29. The maximum absolute atomic E-state index is 10.8. The van der Waals surface area contributed by atoms with Crippen molar-refractivity contribution in [1.29, 1.82) is 0 Å². The number of carboxylic acids is 1. The van der Waals surface area contributed by atoms with Crippen LogP contribution < -0.4 is 0 Å². The molecule has 0 saturated carbocycles. The molecular formula is C15H21NO2. The van der Waals surface area contributed by atoms with Gasteiger partial charge in [-0.05, 0) is 43.0 Å². The fourth-order valence-corrected chi connectivity index (χ4v) is 1.99. The molecule has 98 valence electrons. The Morgan fingerprint density at radius 2 is 1.89 bits per heavy atom. The first-order valence-electron chi connectivity index (χ1n) is 6.05. The lowest BCUT2D eigenvalue weighted by Gasteiger charge is -2.20. The smallest absolute Gasteiger partial charge is 0.317 e. The summed E-state index contributed by atoms with van der Waals surface area (Å²) in [5.41, 5.74) is 4.90. The van der Waals surface area contributed by atoms with E-state index in [4.69, 9.17) is 5.11 Å². The highest BCUT2D eigenvalue weighted by molar-refractivity contribution is 5.69. The number of carbonyl (C=O) groups is 1. The number of carboxylic acid groups (broad SMARTS) is 1. The second kappa shape index (κ2) is 6.36. The van der Waals surface area contributed by atoms with Crippen LogP contribution in [0.3, 0.4) is 0 Å². The molecule has 0 radical (unpaired) electrons. The van der Waals surface area contributed by atoms with E-state index in [1.165, 1.54) is 22.3 Å². The number of rotatable bonds is 6. The number of aryl methyl sites for hydroxylation is 3. The van der Waals surface area contributed by atoms with Crippen molar-refractivity contribution in [1.82, 2.24) is 4.90 Å². The van der Waals surface area contributed by atoms with Gasteiger partial charge in [-0.2, -0.15) is 0 Å². The van der Waals surface area contributed by atoms with Gasteiger partial charge >= 0.3 is 5.97 Å². The average Bonchev–Trinajstić information content (AvgIpc) is 2.25. The van der Waals surface area contributed by atoms with Gasteiger partial charge in [0.25, 0.3) is 0 Å². The van der Waals surface area contributed by atoms with E-state index in [1.54, 1.807) is 6.08 Å². The molecule has 3 heteroatoms. The zero-order chi connectivity index (χ0) is 13.7. The van der Waals surface area contributed by atoms with Crippen molar-refractivity contribution in [2.24, 2.45) is 0 Å². The Morgan fingerprint density at radius 3 is 2.44 bits per heavy atom. The Hall–Kier alpha value is -1.61. The average molecular weight is 247 g/mol. The predicted molar refractivity (Wildman–Crippen MR) is 73.8 cm³/mol. The predicted octanol–water partition coefficient (Wildman–Crippen LogP) is 2.68. The van der Waals surface area contributed by atoms with Crippen molar-refractivity contribution in [2.75, 3.05) is 13.1 Å². The fourth-order valence-electron chi connectivity index (χ4n) is 1.99. The molecule has 0 aliphatic rings.